The van der Waals surface area contributed by atoms with E-state index in [2.05, 4.69) is 5.32 Å². The van der Waals surface area contributed by atoms with Crippen LogP contribution in [0.15, 0.2) is 0 Å². The Morgan fingerprint density at radius 3 is 2.44 bits per heavy atom. The van der Waals surface area contributed by atoms with Crippen LogP contribution in [0.4, 0.5) is 0 Å². The summed E-state index contributed by atoms with van der Waals surface area (Å²) in [6.45, 7) is 0. The minimum absolute atomic E-state index is 0.0708. The van der Waals surface area contributed by atoms with Crippen LogP contribution in [0.25, 0.3) is 0 Å². The Labute approximate surface area is 112 Å². The Bertz CT molecular complexity index is 597. The van der Waals surface area contributed by atoms with E-state index in [0.29, 0.717) is 11.5 Å². The van der Waals surface area contributed by atoms with E-state index in [0.717, 1.165) is 0 Å². The molecule has 18 heavy (non-hydrogen) atoms. The van der Waals surface area contributed by atoms with Crippen LogP contribution in [0.3, 0.4) is 0 Å². The van der Waals surface area contributed by atoms with Gasteiger partial charge in [-0.25, -0.2) is 16.8 Å². The molecule has 3 aliphatic heterocycles. The van der Waals surface area contributed by atoms with Gasteiger partial charge in [-0.3, -0.25) is 0 Å². The number of hydrogen-bond donors (Lipinski definition) is 1. The number of thiocarbonyl (C=S) groups is 1. The third kappa shape index (κ3) is 2.01. The number of sulfone groups is 2. The third-order valence-corrected chi connectivity index (χ3v) is 7.62. The molecule has 0 spiro atoms. The maximum Gasteiger partial charge on any atom is 0.169 e. The van der Waals surface area contributed by atoms with Crippen molar-refractivity contribution in [3.8, 4) is 0 Å². The Kier molecular flexibility index (Phi) is 2.66. The molecule has 0 amide bonds. The first-order valence-electron chi connectivity index (χ1n) is 5.77. The Hall–Kier alpha value is -0.410. The molecule has 1 N–H and O–H groups in total. The summed E-state index contributed by atoms with van der Waals surface area (Å²) in [6.07, 6.45) is 0.535. The van der Waals surface area contributed by atoms with Gasteiger partial charge in [-0.05, 0) is 18.6 Å². The van der Waals surface area contributed by atoms with Gasteiger partial charge in [0.15, 0.2) is 24.8 Å². The molecular formula is C9H14N2O4S3. The van der Waals surface area contributed by atoms with Gasteiger partial charge in [-0.1, -0.05) is 0 Å². The average Bonchev–Trinajstić information content (AvgIpc) is 2.75. The molecule has 3 atom stereocenters. The second-order valence-electron chi connectivity index (χ2n) is 5.16. The highest BCUT2D eigenvalue weighted by Gasteiger charge is 2.50. The predicted octanol–water partition coefficient (Wildman–Crippen LogP) is -1.47. The lowest BCUT2D eigenvalue weighted by Gasteiger charge is -2.28. The minimum Gasteiger partial charge on any atom is -0.357 e. The van der Waals surface area contributed by atoms with Crippen LogP contribution >= 0.6 is 12.2 Å². The summed E-state index contributed by atoms with van der Waals surface area (Å²) in [4.78, 5) is 1.81. The zero-order valence-electron chi connectivity index (χ0n) is 9.57. The third-order valence-electron chi connectivity index (χ3n) is 3.83. The van der Waals surface area contributed by atoms with Crippen molar-refractivity contribution < 1.29 is 16.8 Å². The van der Waals surface area contributed by atoms with E-state index in [1.54, 1.807) is 0 Å². The molecule has 0 bridgehead atoms. The fourth-order valence-electron chi connectivity index (χ4n) is 3.06. The van der Waals surface area contributed by atoms with Gasteiger partial charge < -0.3 is 10.2 Å². The summed E-state index contributed by atoms with van der Waals surface area (Å²) in [5.74, 6) is 0.411. The molecule has 3 aliphatic rings. The van der Waals surface area contributed by atoms with Crippen molar-refractivity contribution >= 4 is 37.0 Å². The standard InChI is InChI=1S/C9H14N2O4S3/c12-17(13)2-1-6(3-17)11-8-5-18(14,15)4-7(8)10-9(11)16/h6-8H,1-5H2,(H,10,16). The highest BCUT2D eigenvalue weighted by Crippen LogP contribution is 2.30. The minimum atomic E-state index is -3.03. The topological polar surface area (TPSA) is 83.6 Å². The van der Waals surface area contributed by atoms with Gasteiger partial charge in [0.25, 0.3) is 0 Å². The molecule has 0 aromatic rings. The normalized spacial score (nSPS) is 40.8. The lowest BCUT2D eigenvalue weighted by Crippen LogP contribution is -2.45. The number of nitrogens with one attached hydrogen (secondary N) is 1. The van der Waals surface area contributed by atoms with E-state index in [4.69, 9.17) is 12.2 Å². The second-order valence-corrected chi connectivity index (χ2v) is 9.93. The van der Waals surface area contributed by atoms with Crippen LogP contribution in [0, 0.1) is 0 Å². The van der Waals surface area contributed by atoms with Crippen molar-refractivity contribution in [2.75, 3.05) is 23.0 Å². The van der Waals surface area contributed by atoms with Crippen molar-refractivity contribution in [2.45, 2.75) is 24.5 Å². The molecular weight excluding hydrogens is 296 g/mol. The van der Waals surface area contributed by atoms with E-state index in [1.165, 1.54) is 0 Å². The van der Waals surface area contributed by atoms with Gasteiger partial charge >= 0.3 is 0 Å². The van der Waals surface area contributed by atoms with Crippen LogP contribution in [-0.2, 0) is 19.7 Å². The number of nitrogens with zero attached hydrogens (tertiary/aromatic N) is 1. The lowest BCUT2D eigenvalue weighted by molar-refractivity contribution is 0.289. The van der Waals surface area contributed by atoms with E-state index in [9.17, 15) is 16.8 Å². The predicted molar refractivity (Wildman–Crippen MR) is 70.9 cm³/mol. The van der Waals surface area contributed by atoms with Gasteiger partial charge in [0, 0.05) is 6.04 Å². The zero-order chi connectivity index (χ0) is 13.1. The molecule has 3 unspecified atom stereocenters. The molecule has 9 heteroatoms. The molecule has 3 rings (SSSR count). The molecule has 6 nitrogen and oxygen atoms in total. The first-order chi connectivity index (χ1) is 8.27. The first-order valence-corrected chi connectivity index (χ1v) is 9.82. The smallest absolute Gasteiger partial charge is 0.169 e. The molecule has 0 saturated carbocycles. The molecule has 3 fully saturated rings. The molecule has 0 radical (unpaired) electrons. The average molecular weight is 310 g/mol. The summed E-state index contributed by atoms with van der Waals surface area (Å²) in [5.41, 5.74) is 0. The van der Waals surface area contributed by atoms with E-state index in [-0.39, 0.29) is 41.1 Å². The number of fused-ring (bicyclic) bond motifs is 1. The van der Waals surface area contributed by atoms with Gasteiger partial charge in [-0.15, -0.1) is 0 Å². The highest BCUT2D eigenvalue weighted by molar-refractivity contribution is 7.92. The quantitative estimate of drug-likeness (QED) is 0.592. The van der Waals surface area contributed by atoms with Gasteiger partial charge in [0.1, 0.15) is 0 Å². The molecule has 3 heterocycles. The van der Waals surface area contributed by atoms with Crippen molar-refractivity contribution in [2.24, 2.45) is 0 Å². The molecule has 0 aliphatic carbocycles. The summed E-state index contributed by atoms with van der Waals surface area (Å²) < 4.78 is 46.3. The highest BCUT2D eigenvalue weighted by atomic mass is 32.2. The van der Waals surface area contributed by atoms with Gasteiger partial charge in [0.2, 0.25) is 0 Å². The van der Waals surface area contributed by atoms with E-state index >= 15 is 0 Å². The van der Waals surface area contributed by atoms with Crippen LogP contribution in [0.2, 0.25) is 0 Å². The second kappa shape index (κ2) is 3.80. The molecule has 0 aromatic carbocycles. The summed E-state index contributed by atoms with van der Waals surface area (Å²) in [6, 6.07) is -0.537. The van der Waals surface area contributed by atoms with Crippen molar-refractivity contribution in [3.05, 3.63) is 0 Å². The van der Waals surface area contributed by atoms with Crippen LogP contribution in [-0.4, -0.2) is 68.0 Å². The van der Waals surface area contributed by atoms with Crippen molar-refractivity contribution in [1.82, 2.24) is 10.2 Å². The lowest BCUT2D eigenvalue weighted by atomic mass is 10.1. The molecule has 3 saturated heterocycles. The van der Waals surface area contributed by atoms with Crippen molar-refractivity contribution in [3.63, 3.8) is 0 Å². The van der Waals surface area contributed by atoms with Crippen LogP contribution in [0.5, 0.6) is 0 Å². The maximum atomic E-state index is 11.6. The molecule has 0 aromatic heterocycles. The van der Waals surface area contributed by atoms with E-state index < -0.39 is 19.7 Å². The number of rotatable bonds is 1. The Balaban J connectivity index is 1.86. The summed E-state index contributed by atoms with van der Waals surface area (Å²) in [5, 5.41) is 3.51. The fraction of sp³-hybridized carbons (Fsp3) is 0.889. The molecule has 102 valence electrons. The van der Waals surface area contributed by atoms with E-state index in [1.807, 2.05) is 4.90 Å². The largest absolute Gasteiger partial charge is 0.357 e. The zero-order valence-corrected chi connectivity index (χ0v) is 12.0. The summed E-state index contributed by atoms with van der Waals surface area (Å²) >= 11 is 5.21. The Morgan fingerprint density at radius 1 is 1.11 bits per heavy atom. The number of hydrogen-bond acceptors (Lipinski definition) is 5. The van der Waals surface area contributed by atoms with Gasteiger partial charge in [0.05, 0.1) is 35.1 Å². The Morgan fingerprint density at radius 2 is 1.83 bits per heavy atom. The maximum absolute atomic E-state index is 11.6. The fourth-order valence-corrected chi connectivity index (χ4v) is 7.11. The van der Waals surface area contributed by atoms with Crippen LogP contribution in [0.1, 0.15) is 6.42 Å². The SMILES string of the molecule is O=S1(=O)CCC(N2C(=S)NC3CS(=O)(=O)CC32)C1. The van der Waals surface area contributed by atoms with Gasteiger partial charge in [-0.2, -0.15) is 0 Å². The first kappa shape index (κ1) is 12.6. The monoisotopic (exact) mass is 310 g/mol. The van der Waals surface area contributed by atoms with Crippen molar-refractivity contribution in [1.29, 1.82) is 0 Å². The summed E-state index contributed by atoms with van der Waals surface area (Å²) in [7, 11) is -6.03. The van der Waals surface area contributed by atoms with Crippen LogP contribution < -0.4 is 5.32 Å².